The van der Waals surface area contributed by atoms with Gasteiger partial charge >= 0.3 is 12.5 Å². The minimum Gasteiger partial charge on any atom is -0.406 e. The monoisotopic (exact) mass is 930 g/mol. The van der Waals surface area contributed by atoms with Crippen LogP contribution in [0.5, 0.6) is 5.75 Å². The van der Waals surface area contributed by atoms with Gasteiger partial charge in [0.05, 0.1) is 51.5 Å². The number of H-pyrrole nitrogens is 2. The van der Waals surface area contributed by atoms with E-state index in [0.29, 0.717) is 45.2 Å². The van der Waals surface area contributed by atoms with Crippen LogP contribution in [0.4, 0.5) is 37.7 Å². The van der Waals surface area contributed by atoms with Crippen molar-refractivity contribution in [2.24, 2.45) is 0 Å². The van der Waals surface area contributed by atoms with Gasteiger partial charge in [-0.25, -0.2) is 26.8 Å². The van der Waals surface area contributed by atoms with Crippen LogP contribution in [0.2, 0.25) is 0 Å². The number of benzene rings is 6. The molecule has 0 fully saturated rings. The van der Waals surface area contributed by atoms with Crippen molar-refractivity contribution < 1.29 is 47.9 Å². The van der Waals surface area contributed by atoms with Gasteiger partial charge in [0.25, 0.3) is 0 Å². The van der Waals surface area contributed by atoms with Gasteiger partial charge in [0.15, 0.2) is 0 Å². The zero-order chi connectivity index (χ0) is 46.6. The van der Waals surface area contributed by atoms with Gasteiger partial charge in [-0.05, 0) is 95.1 Å². The van der Waals surface area contributed by atoms with E-state index in [1.807, 2.05) is 60.7 Å². The van der Waals surface area contributed by atoms with Gasteiger partial charge < -0.3 is 14.7 Å². The highest BCUT2D eigenvalue weighted by molar-refractivity contribution is 7.92. The Labute approximate surface area is 368 Å². The first-order chi connectivity index (χ1) is 30.6. The number of ether oxygens (including phenoxy) is 1. The number of nitrogens with zero attached hydrogens (tertiary/aromatic N) is 2. The third kappa shape index (κ3) is 12.6. The molecule has 0 saturated heterocycles. The summed E-state index contributed by atoms with van der Waals surface area (Å²) in [5.74, 6) is 0.807. The normalized spacial score (nSPS) is 12.4. The summed E-state index contributed by atoms with van der Waals surface area (Å²) in [6, 6.07) is 35.5. The Balaban J connectivity index is 0.000000194. The number of hydrogen-bond acceptors (Lipinski definition) is 7. The molecule has 4 N–H and O–H groups in total. The average molecular weight is 931 g/mol. The number of halogens is 6. The predicted octanol–water partition coefficient (Wildman–Crippen LogP) is 11.5. The SMILES string of the molecule is CS(=O)(=O)Nc1ccccc1-c1ccc2nc(/C=C/c3ccc(C(F)(F)F)cc3)[nH]c2c1.CS(=O)(=O)Nc1ccccc1-c1ccc2nc(/C=C/c3ccc(OC(F)(F)F)cc3)[nH]c2c1. The molecule has 334 valence electrons. The lowest BCUT2D eigenvalue weighted by atomic mass is 10.0. The standard InChI is InChI=1S/C23H18F3N3O3S.C23H18F3N3O2S/c1-33(30,31)29-19-5-3-2-4-18(19)16-9-12-20-21(14-16)28-22(27-20)13-8-15-6-10-17(11-7-15)32-23(24,25)26;1-32(30,31)29-19-5-3-2-4-18(19)16-9-12-20-21(14-16)28-22(27-20)13-8-15-6-10-17(11-7-15)23(24,25)26/h2-14,29H,1H3,(H,27,28);2-14,29H,1H3,(H,27,28)/b2*13-8+. The molecule has 0 amide bonds. The molecular formula is C46H36F6N6O5S2. The number of rotatable bonds is 11. The van der Waals surface area contributed by atoms with Crippen LogP contribution in [-0.2, 0) is 26.2 Å². The van der Waals surface area contributed by atoms with Crippen molar-refractivity contribution in [1.29, 1.82) is 0 Å². The zero-order valence-corrected chi connectivity index (χ0v) is 35.7. The maximum absolute atomic E-state index is 12.7. The second kappa shape index (κ2) is 18.4. The van der Waals surface area contributed by atoms with Gasteiger partial charge in [-0.1, -0.05) is 84.9 Å². The Morgan fingerprint density at radius 2 is 0.954 bits per heavy atom. The molecule has 6 aromatic carbocycles. The first kappa shape index (κ1) is 45.6. The lowest BCUT2D eigenvalue weighted by Crippen LogP contribution is -2.16. The topological polar surface area (TPSA) is 159 Å². The van der Waals surface area contributed by atoms with Crippen LogP contribution in [0.1, 0.15) is 28.3 Å². The van der Waals surface area contributed by atoms with E-state index in [4.69, 9.17) is 0 Å². The molecule has 0 spiro atoms. The third-order valence-electron chi connectivity index (χ3n) is 9.29. The molecule has 0 saturated carbocycles. The summed E-state index contributed by atoms with van der Waals surface area (Å²) in [4.78, 5) is 15.3. The van der Waals surface area contributed by atoms with E-state index in [2.05, 4.69) is 34.1 Å². The van der Waals surface area contributed by atoms with E-state index in [1.165, 1.54) is 36.4 Å². The predicted molar refractivity (Wildman–Crippen MR) is 242 cm³/mol. The van der Waals surface area contributed by atoms with Crippen molar-refractivity contribution in [3.05, 3.63) is 162 Å². The van der Waals surface area contributed by atoms with E-state index >= 15 is 0 Å². The lowest BCUT2D eigenvalue weighted by molar-refractivity contribution is -0.274. The Morgan fingerprint density at radius 3 is 1.35 bits per heavy atom. The van der Waals surface area contributed by atoms with Crippen LogP contribution < -0.4 is 14.2 Å². The fraction of sp³-hybridized carbons (Fsp3) is 0.0870. The largest absolute Gasteiger partial charge is 0.573 e. The summed E-state index contributed by atoms with van der Waals surface area (Å²) in [5, 5.41) is 0. The van der Waals surface area contributed by atoms with Crippen molar-refractivity contribution in [3.8, 4) is 28.0 Å². The summed E-state index contributed by atoms with van der Waals surface area (Å²) >= 11 is 0. The molecule has 2 aromatic heterocycles. The molecule has 0 bridgehead atoms. The number of sulfonamides is 2. The number of aromatic amines is 2. The highest BCUT2D eigenvalue weighted by atomic mass is 32.2. The number of hydrogen-bond donors (Lipinski definition) is 4. The first-order valence-corrected chi connectivity index (χ1v) is 23.0. The minimum absolute atomic E-state index is 0.290. The van der Waals surface area contributed by atoms with Crippen LogP contribution >= 0.6 is 0 Å². The van der Waals surface area contributed by atoms with E-state index < -0.39 is 38.1 Å². The van der Waals surface area contributed by atoms with E-state index in [1.54, 1.807) is 48.6 Å². The number of alkyl halides is 6. The molecule has 8 rings (SSSR count). The zero-order valence-electron chi connectivity index (χ0n) is 34.0. The van der Waals surface area contributed by atoms with Gasteiger partial charge in [-0.2, -0.15) is 13.2 Å². The van der Waals surface area contributed by atoms with Gasteiger partial charge in [0, 0.05) is 11.1 Å². The van der Waals surface area contributed by atoms with Crippen LogP contribution in [0, 0.1) is 0 Å². The highest BCUT2D eigenvalue weighted by Gasteiger charge is 2.31. The van der Waals surface area contributed by atoms with E-state index in [0.717, 1.165) is 57.9 Å². The Kier molecular flexibility index (Phi) is 12.9. The number of aromatic nitrogens is 4. The summed E-state index contributed by atoms with van der Waals surface area (Å²) < 4.78 is 130. The molecule has 0 radical (unpaired) electrons. The fourth-order valence-corrected chi connectivity index (χ4v) is 7.67. The molecule has 2 heterocycles. The number of fused-ring (bicyclic) bond motifs is 2. The van der Waals surface area contributed by atoms with E-state index in [9.17, 15) is 43.2 Å². The molecule has 0 aliphatic rings. The smallest absolute Gasteiger partial charge is 0.406 e. The van der Waals surface area contributed by atoms with Gasteiger partial charge in [-0.3, -0.25) is 9.44 Å². The maximum atomic E-state index is 12.7. The maximum Gasteiger partial charge on any atom is 0.573 e. The minimum atomic E-state index is -4.73. The third-order valence-corrected chi connectivity index (χ3v) is 10.5. The quantitative estimate of drug-likeness (QED) is 0.0940. The molecule has 19 heteroatoms. The van der Waals surface area contributed by atoms with Crippen LogP contribution in [0.3, 0.4) is 0 Å². The number of imidazole rings is 2. The van der Waals surface area contributed by atoms with Crippen molar-refractivity contribution in [2.45, 2.75) is 12.5 Å². The number of para-hydroxylation sites is 2. The highest BCUT2D eigenvalue weighted by Crippen LogP contribution is 2.33. The summed E-state index contributed by atoms with van der Waals surface area (Å²) in [6.07, 6.45) is -0.139. The van der Waals surface area contributed by atoms with Crippen molar-refractivity contribution in [2.75, 3.05) is 22.0 Å². The Bertz CT molecular complexity index is 3270. The summed E-state index contributed by atoms with van der Waals surface area (Å²) in [6.45, 7) is 0. The molecule has 8 aromatic rings. The van der Waals surface area contributed by atoms with Crippen molar-refractivity contribution in [3.63, 3.8) is 0 Å². The molecule has 0 atom stereocenters. The summed E-state index contributed by atoms with van der Waals surface area (Å²) in [7, 11) is -6.87. The molecule has 0 aliphatic carbocycles. The molecule has 65 heavy (non-hydrogen) atoms. The summed E-state index contributed by atoms with van der Waals surface area (Å²) in [5.41, 5.74) is 7.46. The second-order valence-electron chi connectivity index (χ2n) is 14.5. The van der Waals surface area contributed by atoms with Crippen molar-refractivity contribution in [1.82, 2.24) is 19.9 Å². The van der Waals surface area contributed by atoms with Crippen molar-refractivity contribution >= 4 is 77.8 Å². The Hall–Kier alpha value is -7.38. The fourth-order valence-electron chi connectivity index (χ4n) is 6.51. The van der Waals surface area contributed by atoms with Crippen LogP contribution in [0.15, 0.2) is 133 Å². The molecular weight excluding hydrogens is 895 g/mol. The van der Waals surface area contributed by atoms with Crippen LogP contribution in [0.25, 0.3) is 68.6 Å². The first-order valence-electron chi connectivity index (χ1n) is 19.2. The van der Waals surface area contributed by atoms with Gasteiger partial charge in [0.2, 0.25) is 20.0 Å². The molecule has 0 aliphatic heterocycles. The second-order valence-corrected chi connectivity index (χ2v) is 17.9. The Morgan fingerprint density at radius 1 is 0.538 bits per heavy atom. The number of anilines is 2. The average Bonchev–Trinajstić information content (AvgIpc) is 3.84. The molecule has 11 nitrogen and oxygen atoms in total. The van der Waals surface area contributed by atoms with Crippen LogP contribution in [-0.4, -0.2) is 55.6 Å². The van der Waals surface area contributed by atoms with Gasteiger partial charge in [0.1, 0.15) is 17.4 Å². The van der Waals surface area contributed by atoms with E-state index in [-0.39, 0.29) is 5.75 Å². The number of nitrogens with one attached hydrogen (secondary N) is 4. The van der Waals surface area contributed by atoms with Gasteiger partial charge in [-0.15, -0.1) is 13.2 Å². The molecule has 0 unspecified atom stereocenters. The lowest BCUT2D eigenvalue weighted by Gasteiger charge is -2.10.